The summed E-state index contributed by atoms with van der Waals surface area (Å²) in [7, 11) is 0. The van der Waals surface area contributed by atoms with Crippen molar-refractivity contribution in [2.45, 2.75) is 6.18 Å². The number of hydrogen-bond acceptors (Lipinski definition) is 3. The van der Waals surface area contributed by atoms with E-state index < -0.39 is 12.7 Å². The number of piperazine rings is 1. The van der Waals surface area contributed by atoms with Gasteiger partial charge in [0.05, 0.1) is 12.1 Å². The van der Waals surface area contributed by atoms with Gasteiger partial charge in [-0.05, 0) is 12.1 Å². The van der Waals surface area contributed by atoms with Gasteiger partial charge in [0, 0.05) is 31.6 Å². The predicted molar refractivity (Wildman–Crippen MR) is 80.1 cm³/mol. The van der Waals surface area contributed by atoms with Gasteiger partial charge in [0.1, 0.15) is 5.69 Å². The normalized spacial score (nSPS) is 16.7. The fourth-order valence-electron chi connectivity index (χ4n) is 2.71. The third-order valence-electron chi connectivity index (χ3n) is 3.88. The van der Waals surface area contributed by atoms with Crippen molar-refractivity contribution in [1.29, 1.82) is 0 Å². The molecule has 0 saturated carbocycles. The first-order valence-corrected chi connectivity index (χ1v) is 7.36. The number of benzene rings is 1. The molecule has 1 aromatic heterocycles. The van der Waals surface area contributed by atoms with Gasteiger partial charge in [0.2, 0.25) is 0 Å². The lowest BCUT2D eigenvalue weighted by Gasteiger charge is -2.34. The van der Waals surface area contributed by atoms with Crippen molar-refractivity contribution in [3.05, 3.63) is 42.1 Å². The number of para-hydroxylation sites is 1. The van der Waals surface area contributed by atoms with E-state index in [2.05, 4.69) is 4.98 Å². The lowest BCUT2D eigenvalue weighted by molar-refractivity contribution is -0.148. The van der Waals surface area contributed by atoms with Crippen molar-refractivity contribution in [2.75, 3.05) is 32.7 Å². The summed E-state index contributed by atoms with van der Waals surface area (Å²) in [6, 6.07) is 11.0. The SMILES string of the molecule is O=C(c1ccc2ccccc2n1)N1CCN(CC(F)(F)F)CC1. The first-order chi connectivity index (χ1) is 10.9. The third-order valence-corrected chi connectivity index (χ3v) is 3.88. The number of amides is 1. The summed E-state index contributed by atoms with van der Waals surface area (Å²) in [5, 5.41) is 0.944. The van der Waals surface area contributed by atoms with Crippen LogP contribution in [0, 0.1) is 0 Å². The van der Waals surface area contributed by atoms with Crippen LogP contribution in [0.4, 0.5) is 13.2 Å². The monoisotopic (exact) mass is 323 g/mol. The van der Waals surface area contributed by atoms with Gasteiger partial charge in [0.15, 0.2) is 0 Å². The molecule has 0 bridgehead atoms. The van der Waals surface area contributed by atoms with Gasteiger partial charge in [-0.3, -0.25) is 9.69 Å². The quantitative estimate of drug-likeness (QED) is 0.852. The molecule has 1 fully saturated rings. The van der Waals surface area contributed by atoms with Gasteiger partial charge in [-0.2, -0.15) is 13.2 Å². The number of aromatic nitrogens is 1. The van der Waals surface area contributed by atoms with E-state index in [0.717, 1.165) is 10.9 Å². The number of pyridine rings is 1. The standard InChI is InChI=1S/C16H16F3N3O/c17-16(18,19)11-21-7-9-22(10-8-21)15(23)14-6-5-12-3-1-2-4-13(12)20-14/h1-6H,7-11H2. The highest BCUT2D eigenvalue weighted by Crippen LogP contribution is 2.18. The van der Waals surface area contributed by atoms with Crippen LogP contribution in [0.15, 0.2) is 36.4 Å². The molecule has 0 unspecified atom stereocenters. The van der Waals surface area contributed by atoms with E-state index in [1.165, 1.54) is 4.90 Å². The molecule has 1 saturated heterocycles. The number of fused-ring (bicyclic) bond motifs is 1. The van der Waals surface area contributed by atoms with E-state index in [1.807, 2.05) is 30.3 Å². The molecule has 1 aromatic carbocycles. The van der Waals surface area contributed by atoms with Gasteiger partial charge in [0.25, 0.3) is 5.91 Å². The summed E-state index contributed by atoms with van der Waals surface area (Å²) in [5.74, 6) is -0.234. The van der Waals surface area contributed by atoms with Crippen molar-refractivity contribution in [3.63, 3.8) is 0 Å². The van der Waals surface area contributed by atoms with Crippen LogP contribution in [0.25, 0.3) is 10.9 Å². The van der Waals surface area contributed by atoms with Gasteiger partial charge >= 0.3 is 6.18 Å². The van der Waals surface area contributed by atoms with Crippen LogP contribution in [0.2, 0.25) is 0 Å². The van der Waals surface area contributed by atoms with Crippen LogP contribution < -0.4 is 0 Å². The van der Waals surface area contributed by atoms with E-state index in [9.17, 15) is 18.0 Å². The van der Waals surface area contributed by atoms with E-state index in [-0.39, 0.29) is 32.1 Å². The van der Waals surface area contributed by atoms with Crippen LogP contribution in [0.5, 0.6) is 0 Å². The molecule has 2 heterocycles. The molecule has 1 aliphatic heterocycles. The number of hydrogen-bond donors (Lipinski definition) is 0. The maximum absolute atomic E-state index is 12.5. The van der Waals surface area contributed by atoms with Crippen LogP contribution in [-0.2, 0) is 0 Å². The molecular weight excluding hydrogens is 307 g/mol. The molecule has 0 N–H and O–H groups in total. The average Bonchev–Trinajstić information content (AvgIpc) is 2.53. The van der Waals surface area contributed by atoms with E-state index >= 15 is 0 Å². The molecule has 0 aliphatic carbocycles. The number of carbonyl (C=O) groups is 1. The summed E-state index contributed by atoms with van der Waals surface area (Å²) in [6.07, 6.45) is -4.20. The van der Waals surface area contributed by atoms with Crippen molar-refractivity contribution in [2.24, 2.45) is 0 Å². The van der Waals surface area contributed by atoms with Crippen molar-refractivity contribution in [1.82, 2.24) is 14.8 Å². The minimum absolute atomic E-state index is 0.221. The number of alkyl halides is 3. The smallest absolute Gasteiger partial charge is 0.335 e. The summed E-state index contributed by atoms with van der Waals surface area (Å²) in [5.41, 5.74) is 1.06. The Morgan fingerprint density at radius 2 is 1.74 bits per heavy atom. The highest BCUT2D eigenvalue weighted by Gasteiger charge is 2.33. The summed E-state index contributed by atoms with van der Waals surface area (Å²) >= 11 is 0. The summed E-state index contributed by atoms with van der Waals surface area (Å²) in [4.78, 5) is 19.7. The fraction of sp³-hybridized carbons (Fsp3) is 0.375. The highest BCUT2D eigenvalue weighted by molar-refractivity contribution is 5.95. The number of rotatable bonds is 2. The molecule has 7 heteroatoms. The van der Waals surface area contributed by atoms with Crippen LogP contribution in [0.3, 0.4) is 0 Å². The van der Waals surface area contributed by atoms with Crippen LogP contribution in [-0.4, -0.2) is 59.6 Å². The molecule has 2 aromatic rings. The first kappa shape index (κ1) is 15.7. The topological polar surface area (TPSA) is 36.4 Å². The minimum atomic E-state index is -4.20. The van der Waals surface area contributed by atoms with Crippen molar-refractivity contribution < 1.29 is 18.0 Å². The van der Waals surface area contributed by atoms with Crippen LogP contribution in [0.1, 0.15) is 10.5 Å². The molecule has 0 atom stereocenters. The number of nitrogens with zero attached hydrogens (tertiary/aromatic N) is 3. The molecular formula is C16H16F3N3O. The Morgan fingerprint density at radius 3 is 2.43 bits per heavy atom. The fourth-order valence-corrected chi connectivity index (χ4v) is 2.71. The van der Waals surface area contributed by atoms with Gasteiger partial charge < -0.3 is 4.90 Å². The third kappa shape index (κ3) is 3.79. The van der Waals surface area contributed by atoms with Gasteiger partial charge in [-0.25, -0.2) is 4.98 Å². The zero-order valence-electron chi connectivity index (χ0n) is 12.4. The molecule has 3 rings (SSSR count). The number of halogens is 3. The predicted octanol–water partition coefficient (Wildman–Crippen LogP) is 2.55. The summed E-state index contributed by atoms with van der Waals surface area (Å²) in [6.45, 7) is 0.0771. The second-order valence-corrected chi connectivity index (χ2v) is 5.57. The Balaban J connectivity index is 1.66. The van der Waals surface area contributed by atoms with E-state index in [1.54, 1.807) is 11.0 Å². The first-order valence-electron chi connectivity index (χ1n) is 7.36. The molecule has 23 heavy (non-hydrogen) atoms. The van der Waals surface area contributed by atoms with Crippen molar-refractivity contribution in [3.8, 4) is 0 Å². The maximum atomic E-state index is 12.5. The minimum Gasteiger partial charge on any atom is -0.335 e. The van der Waals surface area contributed by atoms with Crippen molar-refractivity contribution >= 4 is 16.8 Å². The number of carbonyl (C=O) groups excluding carboxylic acids is 1. The van der Waals surface area contributed by atoms with Gasteiger partial charge in [-0.1, -0.05) is 24.3 Å². The highest BCUT2D eigenvalue weighted by atomic mass is 19.4. The van der Waals surface area contributed by atoms with E-state index in [0.29, 0.717) is 5.69 Å². The van der Waals surface area contributed by atoms with Crippen LogP contribution >= 0.6 is 0 Å². The molecule has 1 aliphatic rings. The Morgan fingerprint density at radius 1 is 1.04 bits per heavy atom. The molecule has 1 amide bonds. The largest absolute Gasteiger partial charge is 0.401 e. The zero-order valence-corrected chi connectivity index (χ0v) is 12.4. The summed E-state index contributed by atoms with van der Waals surface area (Å²) < 4.78 is 37.1. The molecule has 4 nitrogen and oxygen atoms in total. The van der Waals surface area contributed by atoms with E-state index in [4.69, 9.17) is 0 Å². The lowest BCUT2D eigenvalue weighted by atomic mass is 10.2. The van der Waals surface area contributed by atoms with Gasteiger partial charge in [-0.15, -0.1) is 0 Å². The molecule has 0 spiro atoms. The molecule has 122 valence electrons. The Kier molecular flexibility index (Phi) is 4.21. The zero-order chi connectivity index (χ0) is 16.4. The average molecular weight is 323 g/mol. The Hall–Kier alpha value is -2.15. The Labute approximate surface area is 131 Å². The lowest BCUT2D eigenvalue weighted by Crippen LogP contribution is -2.51. The Bertz CT molecular complexity index is 709. The second kappa shape index (κ2) is 6.16. The molecule has 0 radical (unpaired) electrons. The second-order valence-electron chi connectivity index (χ2n) is 5.57. The maximum Gasteiger partial charge on any atom is 0.401 e.